The van der Waals surface area contributed by atoms with E-state index in [9.17, 15) is 4.39 Å². The van der Waals surface area contributed by atoms with Crippen LogP contribution in [0.1, 0.15) is 123 Å². The summed E-state index contributed by atoms with van der Waals surface area (Å²) in [5, 5.41) is 8.42. The number of alkyl halides is 1. The Morgan fingerprint density at radius 1 is 0.478 bits per heavy atom. The number of hydrogen-bond donors (Lipinski definition) is 1. The first kappa shape index (κ1) is 25.1. The van der Waals surface area contributed by atoms with E-state index in [0.717, 1.165) is 19.3 Å². The average molecular weight is 333 g/mol. The molecule has 0 atom stereocenters. The monoisotopic (exact) mass is 332 g/mol. The van der Waals surface area contributed by atoms with Crippen molar-refractivity contribution in [2.45, 2.75) is 123 Å². The van der Waals surface area contributed by atoms with Crippen molar-refractivity contribution in [2.75, 3.05) is 13.3 Å². The van der Waals surface area contributed by atoms with Crippen molar-refractivity contribution < 1.29 is 9.50 Å². The minimum Gasteiger partial charge on any atom is -0.396 e. The Hall–Kier alpha value is -0.110. The Morgan fingerprint density at radius 2 is 0.783 bits per heavy atom. The Labute approximate surface area is 146 Å². The van der Waals surface area contributed by atoms with Gasteiger partial charge in [-0.3, -0.25) is 4.39 Å². The first-order chi connectivity index (χ1) is 11.3. The second-order valence-electron chi connectivity index (χ2n) is 6.72. The van der Waals surface area contributed by atoms with Crippen LogP contribution in [0, 0.1) is 0 Å². The summed E-state index contributed by atoms with van der Waals surface area (Å²) in [6.45, 7) is 4.71. The van der Waals surface area contributed by atoms with E-state index >= 15 is 0 Å². The second-order valence-corrected chi connectivity index (χ2v) is 6.72. The van der Waals surface area contributed by atoms with Crippen LogP contribution in [0.15, 0.2) is 0 Å². The number of aliphatic hydroxyl groups is 1. The highest BCUT2D eigenvalue weighted by molar-refractivity contribution is 4.47. The summed E-state index contributed by atoms with van der Waals surface area (Å²) < 4.78 is 11.7. The van der Waals surface area contributed by atoms with E-state index in [4.69, 9.17) is 5.11 Å². The van der Waals surface area contributed by atoms with Gasteiger partial charge < -0.3 is 5.11 Å². The molecule has 0 fully saturated rings. The zero-order valence-electron chi connectivity index (χ0n) is 16.3. The smallest absolute Gasteiger partial charge is 0.0894 e. The van der Waals surface area contributed by atoms with Crippen molar-refractivity contribution in [3.63, 3.8) is 0 Å². The number of unbranched alkanes of at least 4 members (excludes halogenated alkanes) is 15. The van der Waals surface area contributed by atoms with Gasteiger partial charge in [0.15, 0.2) is 0 Å². The molecule has 0 unspecified atom stereocenters. The first-order valence-electron chi connectivity index (χ1n) is 10.5. The molecule has 23 heavy (non-hydrogen) atoms. The summed E-state index contributed by atoms with van der Waals surface area (Å²) >= 11 is 0. The minimum atomic E-state index is -0.128. The summed E-state index contributed by atoms with van der Waals surface area (Å²) in [6, 6.07) is 0. The minimum absolute atomic E-state index is 0.128. The van der Waals surface area contributed by atoms with Crippen LogP contribution in [0.25, 0.3) is 0 Å². The van der Waals surface area contributed by atoms with E-state index in [1.165, 1.54) is 89.9 Å². The van der Waals surface area contributed by atoms with Crippen LogP contribution >= 0.6 is 0 Å². The highest BCUT2D eigenvalue weighted by atomic mass is 19.1. The molecular weight excluding hydrogens is 287 g/mol. The second kappa shape index (κ2) is 26.8. The average Bonchev–Trinajstić information content (AvgIpc) is 2.57. The molecule has 0 spiro atoms. The molecule has 1 N–H and O–H groups in total. The summed E-state index contributed by atoms with van der Waals surface area (Å²) in [4.78, 5) is 0. The standard InChI is InChI=1S/C13H27F.C8H18O/c1-2-3-4-5-6-7-8-9-10-11-12-13-14;1-2-3-4-5-6-7-8-9/h2-13H2,1H3;9H,2-8H2,1H3. The molecule has 0 aromatic carbocycles. The van der Waals surface area contributed by atoms with E-state index < -0.39 is 0 Å². The Morgan fingerprint density at radius 3 is 1.09 bits per heavy atom. The van der Waals surface area contributed by atoms with E-state index in [-0.39, 0.29) is 6.67 Å². The summed E-state index contributed by atoms with van der Waals surface area (Å²) in [5.41, 5.74) is 0. The van der Waals surface area contributed by atoms with Crippen molar-refractivity contribution in [1.82, 2.24) is 0 Å². The Kier molecular flexibility index (Phi) is 29.3. The van der Waals surface area contributed by atoms with E-state index in [1.807, 2.05) is 0 Å². The van der Waals surface area contributed by atoms with Gasteiger partial charge in [-0.1, -0.05) is 110 Å². The van der Waals surface area contributed by atoms with Crippen LogP contribution in [0.3, 0.4) is 0 Å². The van der Waals surface area contributed by atoms with Crippen molar-refractivity contribution >= 4 is 0 Å². The number of rotatable bonds is 17. The topological polar surface area (TPSA) is 20.2 Å². The molecule has 0 aliphatic rings. The molecule has 0 aliphatic heterocycles. The lowest BCUT2D eigenvalue weighted by atomic mass is 10.1. The van der Waals surface area contributed by atoms with Crippen LogP contribution in [0.2, 0.25) is 0 Å². The van der Waals surface area contributed by atoms with Crippen molar-refractivity contribution in [3.8, 4) is 0 Å². The predicted octanol–water partition coefficient (Wildman–Crippen LogP) is 7.61. The molecule has 2 heteroatoms. The highest BCUT2D eigenvalue weighted by Crippen LogP contribution is 2.11. The van der Waals surface area contributed by atoms with Gasteiger partial charge in [0.05, 0.1) is 6.67 Å². The molecule has 0 aromatic rings. The number of hydrogen-bond acceptors (Lipinski definition) is 1. The van der Waals surface area contributed by atoms with Gasteiger partial charge in [0.1, 0.15) is 0 Å². The molecule has 1 nitrogen and oxygen atoms in total. The molecule has 0 bridgehead atoms. The third kappa shape index (κ3) is 30.4. The SMILES string of the molecule is CCCCCCCCCCCCCF.CCCCCCCCO. The van der Waals surface area contributed by atoms with Gasteiger partial charge in [0.25, 0.3) is 0 Å². The van der Waals surface area contributed by atoms with Crippen LogP contribution in [0.5, 0.6) is 0 Å². The van der Waals surface area contributed by atoms with Gasteiger partial charge in [-0.05, 0) is 12.8 Å². The largest absolute Gasteiger partial charge is 0.396 e. The molecule has 0 saturated carbocycles. The summed E-state index contributed by atoms with van der Waals surface area (Å²) in [6.07, 6.45) is 21.6. The van der Waals surface area contributed by atoms with Crippen LogP contribution < -0.4 is 0 Å². The van der Waals surface area contributed by atoms with Gasteiger partial charge in [0.2, 0.25) is 0 Å². The summed E-state index contributed by atoms with van der Waals surface area (Å²) in [7, 11) is 0. The number of halogens is 1. The van der Waals surface area contributed by atoms with Crippen LogP contribution in [-0.2, 0) is 0 Å². The van der Waals surface area contributed by atoms with Gasteiger partial charge in [-0.15, -0.1) is 0 Å². The third-order valence-corrected chi connectivity index (χ3v) is 4.25. The van der Waals surface area contributed by atoms with Gasteiger partial charge in [0, 0.05) is 6.61 Å². The van der Waals surface area contributed by atoms with E-state index in [2.05, 4.69) is 13.8 Å². The fourth-order valence-corrected chi connectivity index (χ4v) is 2.65. The molecule has 142 valence electrons. The Bertz CT molecular complexity index is 155. The van der Waals surface area contributed by atoms with Crippen molar-refractivity contribution in [2.24, 2.45) is 0 Å². The van der Waals surface area contributed by atoms with Gasteiger partial charge in [-0.2, -0.15) is 0 Å². The molecule has 0 heterocycles. The van der Waals surface area contributed by atoms with E-state index in [1.54, 1.807) is 0 Å². The molecule has 0 rings (SSSR count). The van der Waals surface area contributed by atoms with Gasteiger partial charge in [-0.25, -0.2) is 0 Å². The number of aliphatic hydroxyl groups excluding tert-OH is 1. The van der Waals surface area contributed by atoms with E-state index in [0.29, 0.717) is 6.61 Å². The molecule has 0 aliphatic carbocycles. The molecule has 0 saturated heterocycles. The maximum atomic E-state index is 11.7. The summed E-state index contributed by atoms with van der Waals surface area (Å²) in [5.74, 6) is 0. The lowest BCUT2D eigenvalue weighted by molar-refractivity contribution is 0.282. The first-order valence-corrected chi connectivity index (χ1v) is 10.5. The zero-order chi connectivity index (χ0) is 17.4. The van der Waals surface area contributed by atoms with Crippen molar-refractivity contribution in [3.05, 3.63) is 0 Å². The predicted molar refractivity (Wildman–Crippen MR) is 103 cm³/mol. The van der Waals surface area contributed by atoms with Gasteiger partial charge >= 0.3 is 0 Å². The normalized spacial score (nSPS) is 10.4. The third-order valence-electron chi connectivity index (χ3n) is 4.25. The lowest BCUT2D eigenvalue weighted by Gasteiger charge is -2.01. The zero-order valence-corrected chi connectivity index (χ0v) is 16.3. The maximum Gasteiger partial charge on any atom is 0.0894 e. The quantitative estimate of drug-likeness (QED) is 0.272. The van der Waals surface area contributed by atoms with Crippen LogP contribution in [0.4, 0.5) is 4.39 Å². The maximum absolute atomic E-state index is 11.7. The Balaban J connectivity index is 0. The fraction of sp³-hybridized carbons (Fsp3) is 1.00. The molecule has 0 amide bonds. The molecule has 0 aromatic heterocycles. The van der Waals surface area contributed by atoms with Crippen LogP contribution in [-0.4, -0.2) is 18.4 Å². The fourth-order valence-electron chi connectivity index (χ4n) is 2.65. The molecular formula is C21H45FO. The van der Waals surface area contributed by atoms with Crippen molar-refractivity contribution in [1.29, 1.82) is 0 Å². The highest BCUT2D eigenvalue weighted by Gasteiger charge is 1.92. The lowest BCUT2D eigenvalue weighted by Crippen LogP contribution is -1.82. The molecule has 0 radical (unpaired) electrons.